The van der Waals surface area contributed by atoms with Gasteiger partial charge in [-0.15, -0.1) is 0 Å². The second-order valence-electron chi connectivity index (χ2n) is 7.80. The third kappa shape index (κ3) is 4.00. The maximum Gasteiger partial charge on any atom is 0.282 e. The Hall–Kier alpha value is -2.99. The predicted molar refractivity (Wildman–Crippen MR) is 131 cm³/mol. The highest BCUT2D eigenvalue weighted by Crippen LogP contribution is 2.22. The van der Waals surface area contributed by atoms with Gasteiger partial charge in [-0.05, 0) is 56.7 Å². The summed E-state index contributed by atoms with van der Waals surface area (Å²) < 4.78 is 4.49. The molecule has 4 rings (SSSR count). The highest BCUT2D eigenvalue weighted by Gasteiger charge is 2.16. The molecule has 5 nitrogen and oxygen atoms in total. The number of fused-ring (bicyclic) bond motifs is 1. The number of rotatable bonds is 5. The first-order valence-corrected chi connectivity index (χ1v) is 11.2. The van der Waals surface area contributed by atoms with Crippen LogP contribution in [0.3, 0.4) is 0 Å². The van der Waals surface area contributed by atoms with Gasteiger partial charge in [-0.25, -0.2) is 4.98 Å². The van der Waals surface area contributed by atoms with E-state index < -0.39 is 0 Å². The summed E-state index contributed by atoms with van der Waals surface area (Å²) in [5.41, 5.74) is 4.79. The lowest BCUT2D eigenvalue weighted by Gasteiger charge is -2.14. The van der Waals surface area contributed by atoms with E-state index in [1.807, 2.05) is 30.3 Å². The smallest absolute Gasteiger partial charge is 0.282 e. The Morgan fingerprint density at radius 1 is 1.13 bits per heavy atom. The molecule has 0 radical (unpaired) electrons. The number of hydrogen-bond donors (Lipinski definition) is 0. The summed E-state index contributed by atoms with van der Waals surface area (Å²) in [5.74, 6) is 0.782. The quantitative estimate of drug-likeness (QED) is 0.333. The number of aromatic nitrogens is 3. The Kier molecular flexibility index (Phi) is 5.92. The summed E-state index contributed by atoms with van der Waals surface area (Å²) in [6, 6.07) is 17.9. The maximum atomic E-state index is 13.3. The summed E-state index contributed by atoms with van der Waals surface area (Å²) in [6.45, 7) is 8.29. The van der Waals surface area contributed by atoms with Gasteiger partial charge in [0.1, 0.15) is 5.82 Å². The van der Waals surface area contributed by atoms with Crippen LogP contribution in [0.1, 0.15) is 49.0 Å². The molecular weight excluding hydrogens is 452 g/mol. The van der Waals surface area contributed by atoms with Gasteiger partial charge < -0.3 is 4.57 Å². The Labute approximate surface area is 190 Å². The minimum Gasteiger partial charge on any atom is -0.318 e. The van der Waals surface area contributed by atoms with Gasteiger partial charge in [0.2, 0.25) is 0 Å². The minimum absolute atomic E-state index is 0.106. The van der Waals surface area contributed by atoms with E-state index in [-0.39, 0.29) is 11.5 Å². The van der Waals surface area contributed by atoms with E-state index in [1.165, 1.54) is 4.68 Å². The third-order valence-electron chi connectivity index (χ3n) is 5.68. The monoisotopic (exact) mass is 476 g/mol. The zero-order valence-electron chi connectivity index (χ0n) is 18.1. The molecule has 0 aliphatic heterocycles. The number of hydrogen-bond acceptors (Lipinski definition) is 3. The second-order valence-corrected chi connectivity index (χ2v) is 8.72. The first-order chi connectivity index (χ1) is 14.9. The predicted octanol–water partition coefficient (Wildman–Crippen LogP) is 5.96. The first kappa shape index (κ1) is 21.2. The van der Waals surface area contributed by atoms with Crippen molar-refractivity contribution in [1.82, 2.24) is 14.2 Å². The van der Waals surface area contributed by atoms with E-state index in [2.05, 4.69) is 71.5 Å². The van der Waals surface area contributed by atoms with Crippen LogP contribution in [0.4, 0.5) is 0 Å². The highest BCUT2D eigenvalue weighted by molar-refractivity contribution is 9.10. The Morgan fingerprint density at radius 2 is 1.87 bits per heavy atom. The van der Waals surface area contributed by atoms with Gasteiger partial charge in [-0.1, -0.05) is 48.0 Å². The van der Waals surface area contributed by atoms with E-state index in [9.17, 15) is 4.79 Å². The third-order valence-corrected chi connectivity index (χ3v) is 6.18. The van der Waals surface area contributed by atoms with Crippen molar-refractivity contribution in [3.63, 3.8) is 0 Å². The zero-order chi connectivity index (χ0) is 22.1. The molecule has 0 amide bonds. The number of benzene rings is 2. The molecule has 158 valence electrons. The van der Waals surface area contributed by atoms with Gasteiger partial charge in [-0.2, -0.15) is 9.78 Å². The van der Waals surface area contributed by atoms with Crippen molar-refractivity contribution in [2.45, 2.75) is 40.0 Å². The van der Waals surface area contributed by atoms with Crippen molar-refractivity contribution < 1.29 is 0 Å². The highest BCUT2D eigenvalue weighted by atomic mass is 79.9. The second kappa shape index (κ2) is 8.63. The normalized spacial score (nSPS) is 12.7. The molecule has 0 aliphatic rings. The SMILES string of the molecule is CC[C@@H](C)c1nc2ccc(Br)cc2c(=O)n1N=Cc1cc(C)n(-c2ccccc2)c1C. The molecule has 31 heavy (non-hydrogen) atoms. The Balaban J connectivity index is 1.85. The molecule has 2 aromatic heterocycles. The van der Waals surface area contributed by atoms with Gasteiger partial charge in [0, 0.05) is 33.0 Å². The van der Waals surface area contributed by atoms with Crippen molar-refractivity contribution in [2.24, 2.45) is 5.10 Å². The fraction of sp³-hybridized carbons (Fsp3) is 0.240. The Bertz CT molecular complexity index is 1340. The topological polar surface area (TPSA) is 52.2 Å². The van der Waals surface area contributed by atoms with Crippen molar-refractivity contribution in [2.75, 3.05) is 0 Å². The van der Waals surface area contributed by atoms with Crippen LogP contribution < -0.4 is 5.56 Å². The van der Waals surface area contributed by atoms with Crippen LogP contribution in [0.5, 0.6) is 0 Å². The molecule has 6 heteroatoms. The average Bonchev–Trinajstić information content (AvgIpc) is 3.06. The molecule has 0 aliphatic carbocycles. The van der Waals surface area contributed by atoms with E-state index in [0.29, 0.717) is 16.7 Å². The van der Waals surface area contributed by atoms with Gasteiger partial charge in [-0.3, -0.25) is 4.79 Å². The van der Waals surface area contributed by atoms with E-state index in [0.717, 1.165) is 33.5 Å². The zero-order valence-corrected chi connectivity index (χ0v) is 19.7. The molecule has 0 spiro atoms. The lowest BCUT2D eigenvalue weighted by molar-refractivity contribution is 0.613. The van der Waals surface area contributed by atoms with E-state index in [1.54, 1.807) is 12.3 Å². The maximum absolute atomic E-state index is 13.3. The van der Waals surface area contributed by atoms with Crippen LogP contribution in [-0.2, 0) is 0 Å². The summed E-state index contributed by atoms with van der Waals surface area (Å²) in [5, 5.41) is 5.17. The van der Waals surface area contributed by atoms with Crippen molar-refractivity contribution in [1.29, 1.82) is 0 Å². The summed E-state index contributed by atoms with van der Waals surface area (Å²) in [6.07, 6.45) is 2.63. The molecule has 1 atom stereocenters. The van der Waals surface area contributed by atoms with Crippen molar-refractivity contribution in [3.8, 4) is 5.69 Å². The van der Waals surface area contributed by atoms with Gasteiger partial charge in [0.05, 0.1) is 17.1 Å². The summed E-state index contributed by atoms with van der Waals surface area (Å²) in [7, 11) is 0. The lowest BCUT2D eigenvalue weighted by atomic mass is 10.1. The fourth-order valence-corrected chi connectivity index (χ4v) is 4.15. The largest absolute Gasteiger partial charge is 0.318 e. The molecule has 0 bridgehead atoms. The number of para-hydroxylation sites is 1. The molecule has 2 heterocycles. The van der Waals surface area contributed by atoms with E-state index >= 15 is 0 Å². The van der Waals surface area contributed by atoms with Crippen LogP contribution in [0.2, 0.25) is 0 Å². The minimum atomic E-state index is -0.158. The van der Waals surface area contributed by atoms with Crippen LogP contribution in [0, 0.1) is 13.8 Å². The van der Waals surface area contributed by atoms with Crippen LogP contribution in [0.25, 0.3) is 16.6 Å². The van der Waals surface area contributed by atoms with Crippen LogP contribution in [-0.4, -0.2) is 20.4 Å². The first-order valence-electron chi connectivity index (χ1n) is 10.4. The fourth-order valence-electron chi connectivity index (χ4n) is 3.79. The number of aryl methyl sites for hydroxylation is 1. The molecule has 0 saturated carbocycles. The molecule has 0 N–H and O–H groups in total. The van der Waals surface area contributed by atoms with Crippen LogP contribution >= 0.6 is 15.9 Å². The van der Waals surface area contributed by atoms with Crippen LogP contribution in [0.15, 0.2) is 69.0 Å². The van der Waals surface area contributed by atoms with Gasteiger partial charge in [0.15, 0.2) is 0 Å². The molecule has 0 fully saturated rings. The molecular formula is C25H25BrN4O. The molecule has 0 unspecified atom stereocenters. The average molecular weight is 477 g/mol. The van der Waals surface area contributed by atoms with Crippen molar-refractivity contribution in [3.05, 3.63) is 92.2 Å². The Morgan fingerprint density at radius 3 is 2.58 bits per heavy atom. The van der Waals surface area contributed by atoms with E-state index in [4.69, 9.17) is 4.98 Å². The summed E-state index contributed by atoms with van der Waals surface area (Å²) >= 11 is 3.45. The summed E-state index contributed by atoms with van der Waals surface area (Å²) in [4.78, 5) is 18.1. The number of halogens is 1. The number of nitrogens with zero attached hydrogens (tertiary/aromatic N) is 4. The molecule has 4 aromatic rings. The van der Waals surface area contributed by atoms with Gasteiger partial charge >= 0.3 is 0 Å². The standard InChI is InChI=1S/C25H25BrN4O/c1-5-16(2)24-28-23-12-11-20(26)14-22(23)25(31)30(24)27-15-19-13-17(3)29(18(19)4)21-9-7-6-8-10-21/h6-16H,5H2,1-4H3/t16-/m1/s1. The molecule has 0 saturated heterocycles. The van der Waals surface area contributed by atoms with Crippen molar-refractivity contribution >= 4 is 33.0 Å². The molecule has 2 aromatic carbocycles. The van der Waals surface area contributed by atoms with Gasteiger partial charge in [0.25, 0.3) is 5.56 Å². The lowest BCUT2D eigenvalue weighted by Crippen LogP contribution is -2.23.